The van der Waals surface area contributed by atoms with Crippen LogP contribution in [0.4, 0.5) is 0 Å². The van der Waals surface area contributed by atoms with Crippen molar-refractivity contribution in [2.45, 2.75) is 11.5 Å². The van der Waals surface area contributed by atoms with E-state index in [4.69, 9.17) is 16.0 Å². The average Bonchev–Trinajstić information content (AvgIpc) is 2.53. The molecule has 2 aromatic carbocycles. The van der Waals surface area contributed by atoms with Gasteiger partial charge in [-0.25, -0.2) is 0 Å². The summed E-state index contributed by atoms with van der Waals surface area (Å²) in [6, 6.07) is 15.4. The van der Waals surface area contributed by atoms with E-state index in [0.717, 1.165) is 6.42 Å². The third kappa shape index (κ3) is 2.47. The van der Waals surface area contributed by atoms with E-state index in [0.29, 0.717) is 0 Å². The Balaban J connectivity index is 2.14. The van der Waals surface area contributed by atoms with Crippen LogP contribution >= 0.6 is 11.6 Å². The molecule has 0 spiro atoms. The fourth-order valence-electron chi connectivity index (χ4n) is 2.93. The first kappa shape index (κ1) is 13.6. The Hall–Kier alpha value is -1.35. The lowest BCUT2D eigenvalue weighted by molar-refractivity contribution is 0.391. The molecule has 1 aliphatic rings. The van der Waals surface area contributed by atoms with Crippen LogP contribution in [0.25, 0.3) is 10.8 Å². The molecule has 1 nitrogen and oxygen atoms in total. The highest BCUT2D eigenvalue weighted by atomic mass is 35.5. The van der Waals surface area contributed by atoms with Crippen LogP contribution in [0, 0.1) is 0 Å². The van der Waals surface area contributed by atoms with E-state index in [1.165, 1.54) is 16.3 Å². The van der Waals surface area contributed by atoms with Crippen molar-refractivity contribution in [3.8, 4) is 0 Å². The summed E-state index contributed by atoms with van der Waals surface area (Å²) in [6.07, 6.45) is 9.77. The van der Waals surface area contributed by atoms with Crippen LogP contribution in [0.3, 0.4) is 0 Å². The first-order valence-electron chi connectivity index (χ1n) is 6.82. The van der Waals surface area contributed by atoms with E-state index in [9.17, 15) is 0 Å². The zero-order valence-electron chi connectivity index (χ0n) is 11.3. The van der Waals surface area contributed by atoms with Crippen LogP contribution in [0.15, 0.2) is 66.8 Å². The Morgan fingerprint density at radius 2 is 1.95 bits per heavy atom. The van der Waals surface area contributed by atoms with Gasteiger partial charge in [0.25, 0.3) is 0 Å². The molecule has 0 fully saturated rings. The molecule has 2 aromatic rings. The van der Waals surface area contributed by atoms with E-state index in [1.807, 2.05) is 0 Å². The summed E-state index contributed by atoms with van der Waals surface area (Å²) >= 11 is 5.76. The summed E-state index contributed by atoms with van der Waals surface area (Å²) in [5, 5.41) is 2.62. The van der Waals surface area contributed by atoms with Gasteiger partial charge in [-0.3, -0.25) is 0 Å². The minimum Gasteiger partial charge on any atom is -0.409 e. The number of halogens is 1. The van der Waals surface area contributed by atoms with Crippen molar-refractivity contribution in [3.05, 3.63) is 72.3 Å². The number of alkyl halides is 1. The number of allylic oxidation sites excluding steroid dienone is 4. The van der Waals surface area contributed by atoms with Crippen LogP contribution in [-0.4, -0.2) is 15.8 Å². The molecule has 1 aliphatic carbocycles. The first-order valence-corrected chi connectivity index (χ1v) is 8.64. The van der Waals surface area contributed by atoms with Gasteiger partial charge < -0.3 is 4.43 Å². The molecule has 0 saturated carbocycles. The van der Waals surface area contributed by atoms with Gasteiger partial charge in [-0.05, 0) is 22.8 Å². The number of benzene rings is 2. The fraction of sp³-hybridized carbons (Fsp3) is 0.176. The molecule has 0 N–H and O–H groups in total. The molecule has 0 amide bonds. The van der Waals surface area contributed by atoms with E-state index in [1.54, 1.807) is 0 Å². The molecule has 3 heteroatoms. The van der Waals surface area contributed by atoms with Gasteiger partial charge in [0, 0.05) is 5.04 Å². The summed E-state index contributed by atoms with van der Waals surface area (Å²) in [6.45, 7) is 0. The highest BCUT2D eigenvalue weighted by Crippen LogP contribution is 2.36. The summed E-state index contributed by atoms with van der Waals surface area (Å²) in [5.74, 6) is 0. The third-order valence-corrected chi connectivity index (χ3v) is 6.15. The lowest BCUT2D eigenvalue weighted by Crippen LogP contribution is -2.33. The highest BCUT2D eigenvalue weighted by molar-refractivity contribution is 6.36. The standard InChI is InChI=1S/C17H17ClOSi/c18-13-19-20-17(11-4-1-5-12-17)16-10-6-8-14-7-2-3-9-15(14)16/h1-11H,12-13,20H2. The van der Waals surface area contributed by atoms with Gasteiger partial charge >= 0.3 is 0 Å². The smallest absolute Gasteiger partial charge is 0.177 e. The predicted molar refractivity (Wildman–Crippen MR) is 88.9 cm³/mol. The van der Waals surface area contributed by atoms with Crippen LogP contribution in [0.1, 0.15) is 12.0 Å². The molecule has 1 atom stereocenters. The third-order valence-electron chi connectivity index (χ3n) is 3.91. The molecule has 3 rings (SSSR count). The van der Waals surface area contributed by atoms with E-state index in [-0.39, 0.29) is 11.1 Å². The number of hydrogen-bond donors (Lipinski definition) is 0. The lowest BCUT2D eigenvalue weighted by atomic mass is 9.87. The van der Waals surface area contributed by atoms with Crippen molar-refractivity contribution in [3.63, 3.8) is 0 Å². The van der Waals surface area contributed by atoms with Crippen LogP contribution in [0.5, 0.6) is 0 Å². The zero-order chi connectivity index (χ0) is 13.8. The minimum absolute atomic E-state index is 0.0184. The van der Waals surface area contributed by atoms with Crippen LogP contribution < -0.4 is 0 Å². The zero-order valence-corrected chi connectivity index (χ0v) is 13.4. The lowest BCUT2D eigenvalue weighted by Gasteiger charge is -2.32. The predicted octanol–water partition coefficient (Wildman–Crippen LogP) is 3.85. The van der Waals surface area contributed by atoms with Crippen molar-refractivity contribution in [1.29, 1.82) is 0 Å². The largest absolute Gasteiger partial charge is 0.409 e. The number of fused-ring (bicyclic) bond motifs is 1. The van der Waals surface area contributed by atoms with Crippen molar-refractivity contribution < 1.29 is 4.43 Å². The van der Waals surface area contributed by atoms with E-state index >= 15 is 0 Å². The van der Waals surface area contributed by atoms with Crippen molar-refractivity contribution in [2.75, 3.05) is 6.07 Å². The maximum absolute atomic E-state index is 5.76. The highest BCUT2D eigenvalue weighted by Gasteiger charge is 2.32. The molecule has 0 aromatic heterocycles. The van der Waals surface area contributed by atoms with Gasteiger partial charge in [0.2, 0.25) is 0 Å². The molecule has 1 unspecified atom stereocenters. The topological polar surface area (TPSA) is 9.23 Å². The van der Waals surface area contributed by atoms with Crippen molar-refractivity contribution in [2.24, 2.45) is 0 Å². The van der Waals surface area contributed by atoms with Gasteiger partial charge in [0.05, 0.1) is 0 Å². The molecular formula is C17H17ClOSi. The second kappa shape index (κ2) is 5.96. The number of hydrogen-bond acceptors (Lipinski definition) is 1. The van der Waals surface area contributed by atoms with Gasteiger partial charge in [0.1, 0.15) is 6.07 Å². The normalized spacial score (nSPS) is 22.1. The van der Waals surface area contributed by atoms with Crippen LogP contribution in [-0.2, 0) is 9.46 Å². The summed E-state index contributed by atoms with van der Waals surface area (Å²) in [7, 11) is -0.798. The van der Waals surface area contributed by atoms with Crippen LogP contribution in [0.2, 0.25) is 0 Å². The second-order valence-corrected chi connectivity index (χ2v) is 7.31. The maximum atomic E-state index is 5.76. The fourth-order valence-corrected chi connectivity index (χ4v) is 4.58. The monoisotopic (exact) mass is 300 g/mol. The van der Waals surface area contributed by atoms with Gasteiger partial charge in [-0.2, -0.15) is 0 Å². The van der Waals surface area contributed by atoms with Gasteiger partial charge in [0.15, 0.2) is 9.76 Å². The van der Waals surface area contributed by atoms with E-state index < -0.39 is 9.76 Å². The average molecular weight is 301 g/mol. The molecule has 0 saturated heterocycles. The molecule has 0 heterocycles. The van der Waals surface area contributed by atoms with Crippen molar-refractivity contribution >= 4 is 32.1 Å². The molecule has 0 bridgehead atoms. The first-order chi connectivity index (χ1) is 9.86. The quantitative estimate of drug-likeness (QED) is 0.615. The summed E-state index contributed by atoms with van der Waals surface area (Å²) in [4.78, 5) is 0. The molecule has 0 aliphatic heterocycles. The Morgan fingerprint density at radius 3 is 2.75 bits per heavy atom. The second-order valence-electron chi connectivity index (χ2n) is 5.13. The Morgan fingerprint density at radius 1 is 1.10 bits per heavy atom. The Kier molecular flexibility index (Phi) is 4.06. The Labute approximate surface area is 126 Å². The Bertz CT molecular complexity index is 660. The summed E-state index contributed by atoms with van der Waals surface area (Å²) < 4.78 is 5.70. The van der Waals surface area contributed by atoms with Gasteiger partial charge in [-0.15, -0.1) is 0 Å². The molecule has 102 valence electrons. The SMILES string of the molecule is ClCO[SiH2]C1(c2cccc3ccccc23)C=CC=CC1. The minimum atomic E-state index is -0.798. The molecule has 0 radical (unpaired) electrons. The van der Waals surface area contributed by atoms with Crippen molar-refractivity contribution in [1.82, 2.24) is 0 Å². The van der Waals surface area contributed by atoms with E-state index in [2.05, 4.69) is 66.8 Å². The number of rotatable bonds is 4. The maximum Gasteiger partial charge on any atom is 0.177 e. The molecular weight excluding hydrogens is 284 g/mol. The van der Waals surface area contributed by atoms with Gasteiger partial charge in [-0.1, -0.05) is 78.4 Å². The summed E-state index contributed by atoms with van der Waals surface area (Å²) in [5.41, 5.74) is 1.37. The molecule has 20 heavy (non-hydrogen) atoms.